The molecular formula is C16H19F3IN5O3S. The highest BCUT2D eigenvalue weighted by molar-refractivity contribution is 14.1. The Hall–Kier alpha value is -1.77. The molecule has 1 heterocycles. The van der Waals surface area contributed by atoms with Crippen molar-refractivity contribution in [1.29, 1.82) is 0 Å². The van der Waals surface area contributed by atoms with E-state index in [9.17, 15) is 21.6 Å². The SMILES string of the molecule is Cc1cc(OS(=O)(=O)C(F)(F)F)c(N2C(N)=NC(N)=NC23CCCCC3)cc1I. The van der Waals surface area contributed by atoms with Crippen LogP contribution in [0.3, 0.4) is 0 Å². The molecule has 0 atom stereocenters. The molecule has 29 heavy (non-hydrogen) atoms. The molecule has 4 N–H and O–H groups in total. The van der Waals surface area contributed by atoms with E-state index in [0.29, 0.717) is 22.0 Å². The standard InChI is InChI=1S/C16H19F3IN5O3S/c1-9-7-12(28-29(26,27)16(17,18)19)11(8-10(9)20)25-14(22)23-13(21)24-15(25)5-3-2-4-6-15/h7-8H,2-6H2,1H3,(H4,21,22,23,24). The second kappa shape index (κ2) is 7.49. The van der Waals surface area contributed by atoms with E-state index in [1.54, 1.807) is 6.92 Å². The van der Waals surface area contributed by atoms with Crippen molar-refractivity contribution in [2.24, 2.45) is 21.5 Å². The van der Waals surface area contributed by atoms with Crippen molar-refractivity contribution in [3.8, 4) is 5.75 Å². The van der Waals surface area contributed by atoms with E-state index in [4.69, 9.17) is 11.5 Å². The van der Waals surface area contributed by atoms with Gasteiger partial charge in [-0.3, -0.25) is 4.90 Å². The largest absolute Gasteiger partial charge is 0.534 e. The maximum atomic E-state index is 12.9. The van der Waals surface area contributed by atoms with Crippen molar-refractivity contribution >= 4 is 50.3 Å². The molecule has 1 saturated carbocycles. The van der Waals surface area contributed by atoms with E-state index in [1.807, 2.05) is 22.6 Å². The summed E-state index contributed by atoms with van der Waals surface area (Å²) in [6, 6.07) is 2.73. The highest BCUT2D eigenvalue weighted by atomic mass is 127. The van der Waals surface area contributed by atoms with Gasteiger partial charge in [-0.05, 0) is 72.9 Å². The number of alkyl halides is 3. The van der Waals surface area contributed by atoms with Gasteiger partial charge in [-0.25, -0.2) is 4.99 Å². The molecule has 1 aromatic carbocycles. The lowest BCUT2D eigenvalue weighted by Gasteiger charge is -2.45. The van der Waals surface area contributed by atoms with Crippen molar-refractivity contribution in [2.45, 2.75) is 50.2 Å². The van der Waals surface area contributed by atoms with Gasteiger partial charge in [-0.15, -0.1) is 0 Å². The van der Waals surface area contributed by atoms with Gasteiger partial charge in [0, 0.05) is 3.57 Å². The van der Waals surface area contributed by atoms with Gasteiger partial charge in [0.25, 0.3) is 0 Å². The average Bonchev–Trinajstić information content (AvgIpc) is 2.57. The molecule has 1 spiro atoms. The topological polar surface area (TPSA) is 123 Å². The number of rotatable bonds is 3. The molecule has 1 fully saturated rings. The lowest BCUT2D eigenvalue weighted by atomic mass is 9.87. The molecule has 8 nitrogen and oxygen atoms in total. The van der Waals surface area contributed by atoms with Gasteiger partial charge < -0.3 is 15.7 Å². The molecular weight excluding hydrogens is 526 g/mol. The Morgan fingerprint density at radius 1 is 1.21 bits per heavy atom. The summed E-state index contributed by atoms with van der Waals surface area (Å²) in [6.45, 7) is 1.62. The summed E-state index contributed by atoms with van der Waals surface area (Å²) >= 11 is 1.99. The number of nitrogens with zero attached hydrogens (tertiary/aromatic N) is 3. The maximum absolute atomic E-state index is 12.9. The molecule has 1 aromatic rings. The fourth-order valence-electron chi connectivity index (χ4n) is 3.52. The molecule has 0 bridgehead atoms. The predicted octanol–water partition coefficient (Wildman–Crippen LogP) is 2.94. The molecule has 0 aromatic heterocycles. The highest BCUT2D eigenvalue weighted by Gasteiger charge is 2.50. The van der Waals surface area contributed by atoms with Gasteiger partial charge in [0.05, 0.1) is 5.69 Å². The van der Waals surface area contributed by atoms with Crippen LogP contribution in [0.4, 0.5) is 18.9 Å². The molecule has 1 aliphatic heterocycles. The van der Waals surface area contributed by atoms with Crippen molar-refractivity contribution in [3.05, 3.63) is 21.3 Å². The fraction of sp³-hybridized carbons (Fsp3) is 0.500. The zero-order valence-electron chi connectivity index (χ0n) is 15.3. The van der Waals surface area contributed by atoms with Crippen LogP contribution in [0.5, 0.6) is 5.75 Å². The van der Waals surface area contributed by atoms with E-state index in [2.05, 4.69) is 14.2 Å². The van der Waals surface area contributed by atoms with Crippen LogP contribution in [0.2, 0.25) is 0 Å². The second-order valence-electron chi connectivity index (χ2n) is 6.87. The minimum atomic E-state index is -5.88. The third kappa shape index (κ3) is 4.11. The van der Waals surface area contributed by atoms with E-state index >= 15 is 0 Å². The van der Waals surface area contributed by atoms with Gasteiger partial charge in [0.1, 0.15) is 5.66 Å². The van der Waals surface area contributed by atoms with Crippen LogP contribution in [0, 0.1) is 10.5 Å². The van der Waals surface area contributed by atoms with Crippen LogP contribution in [0.1, 0.15) is 37.7 Å². The smallest absolute Gasteiger partial charge is 0.374 e. The van der Waals surface area contributed by atoms with E-state index in [-0.39, 0.29) is 17.6 Å². The Bertz CT molecular complexity index is 988. The Morgan fingerprint density at radius 3 is 2.41 bits per heavy atom. The number of halogens is 4. The molecule has 3 rings (SSSR count). The summed E-state index contributed by atoms with van der Waals surface area (Å²) in [5, 5.41) is 0. The van der Waals surface area contributed by atoms with Crippen molar-refractivity contribution in [3.63, 3.8) is 0 Å². The Balaban J connectivity index is 2.19. The fourth-order valence-corrected chi connectivity index (χ4v) is 4.44. The Labute approximate surface area is 179 Å². The maximum Gasteiger partial charge on any atom is 0.534 e. The Morgan fingerprint density at radius 2 is 1.83 bits per heavy atom. The third-order valence-electron chi connectivity index (χ3n) is 4.82. The van der Waals surface area contributed by atoms with Gasteiger partial charge in [-0.1, -0.05) is 6.42 Å². The van der Waals surface area contributed by atoms with Crippen LogP contribution in [0.15, 0.2) is 22.1 Å². The van der Waals surface area contributed by atoms with Gasteiger partial charge in [0.15, 0.2) is 5.75 Å². The minimum Gasteiger partial charge on any atom is -0.374 e. The number of guanidine groups is 2. The Kier molecular flexibility index (Phi) is 5.66. The monoisotopic (exact) mass is 545 g/mol. The van der Waals surface area contributed by atoms with E-state index < -0.39 is 27.0 Å². The van der Waals surface area contributed by atoms with E-state index in [0.717, 1.165) is 19.3 Å². The van der Waals surface area contributed by atoms with Crippen LogP contribution < -0.4 is 20.6 Å². The quantitative estimate of drug-likeness (QED) is 0.342. The van der Waals surface area contributed by atoms with Crippen LogP contribution in [-0.2, 0) is 10.1 Å². The highest BCUT2D eigenvalue weighted by Crippen LogP contribution is 2.44. The average molecular weight is 545 g/mol. The third-order valence-corrected chi connectivity index (χ3v) is 6.94. The van der Waals surface area contributed by atoms with Crippen LogP contribution in [-0.4, -0.2) is 31.5 Å². The molecule has 2 aliphatic rings. The number of hydrogen-bond donors (Lipinski definition) is 2. The van der Waals surface area contributed by atoms with Crippen LogP contribution in [0.25, 0.3) is 0 Å². The number of aryl methyl sites for hydroxylation is 1. The molecule has 0 saturated heterocycles. The first-order chi connectivity index (χ1) is 13.4. The van der Waals surface area contributed by atoms with E-state index in [1.165, 1.54) is 17.0 Å². The molecule has 0 amide bonds. The number of nitrogens with two attached hydrogens (primary N) is 2. The molecule has 160 valence electrons. The van der Waals surface area contributed by atoms with Gasteiger partial charge in [-0.2, -0.15) is 26.6 Å². The molecule has 1 aliphatic carbocycles. The number of benzene rings is 1. The second-order valence-corrected chi connectivity index (χ2v) is 9.57. The summed E-state index contributed by atoms with van der Waals surface area (Å²) in [5.74, 6) is -0.625. The summed E-state index contributed by atoms with van der Waals surface area (Å²) in [6.07, 6.45) is 3.60. The summed E-state index contributed by atoms with van der Waals surface area (Å²) in [7, 11) is -5.88. The number of aliphatic imine (C=N–C) groups is 2. The molecule has 0 unspecified atom stereocenters. The van der Waals surface area contributed by atoms with Gasteiger partial charge >= 0.3 is 15.6 Å². The summed E-state index contributed by atoms with van der Waals surface area (Å²) < 4.78 is 67.3. The van der Waals surface area contributed by atoms with Gasteiger partial charge in [0.2, 0.25) is 11.9 Å². The first-order valence-electron chi connectivity index (χ1n) is 8.67. The lowest BCUT2D eigenvalue weighted by molar-refractivity contribution is -0.0499. The molecule has 13 heteroatoms. The zero-order valence-corrected chi connectivity index (χ0v) is 18.3. The predicted molar refractivity (Wildman–Crippen MR) is 111 cm³/mol. The molecule has 0 radical (unpaired) electrons. The lowest BCUT2D eigenvalue weighted by Crippen LogP contribution is -2.58. The van der Waals surface area contributed by atoms with Crippen LogP contribution >= 0.6 is 22.6 Å². The minimum absolute atomic E-state index is 0.0344. The first kappa shape index (κ1) is 21.9. The number of hydrogen-bond acceptors (Lipinski definition) is 8. The normalized spacial score (nSPS) is 19.7. The van der Waals surface area contributed by atoms with Crippen molar-refractivity contribution in [2.75, 3.05) is 4.90 Å². The number of anilines is 1. The zero-order chi connectivity index (χ0) is 21.6. The van der Waals surface area contributed by atoms with Crippen molar-refractivity contribution < 1.29 is 25.8 Å². The summed E-state index contributed by atoms with van der Waals surface area (Å²) in [5.41, 5.74) is 5.93. The van der Waals surface area contributed by atoms with Crippen molar-refractivity contribution in [1.82, 2.24) is 0 Å². The first-order valence-corrected chi connectivity index (χ1v) is 11.2. The summed E-state index contributed by atoms with van der Waals surface area (Å²) in [4.78, 5) is 9.83.